The predicted molar refractivity (Wildman–Crippen MR) is 131 cm³/mol. The Bertz CT molecular complexity index is 1310. The first-order chi connectivity index (χ1) is 16.6. The number of amides is 1. The van der Waals surface area contributed by atoms with Crippen molar-refractivity contribution in [3.8, 4) is 16.8 Å². The maximum atomic E-state index is 12.5. The highest BCUT2D eigenvalue weighted by Gasteiger charge is 2.24. The number of rotatable bonds is 8. The van der Waals surface area contributed by atoms with Gasteiger partial charge < -0.3 is 16.5 Å². The van der Waals surface area contributed by atoms with Crippen LogP contribution in [0.3, 0.4) is 0 Å². The molecule has 2 aromatic heterocycles. The van der Waals surface area contributed by atoms with Gasteiger partial charge in [-0.15, -0.1) is 0 Å². The molecule has 4 aromatic rings. The van der Waals surface area contributed by atoms with Crippen LogP contribution < -0.4 is 21.9 Å². The van der Waals surface area contributed by atoms with E-state index in [1.165, 1.54) is 6.33 Å². The van der Waals surface area contributed by atoms with Crippen LogP contribution in [0.1, 0.15) is 34.3 Å². The summed E-state index contributed by atoms with van der Waals surface area (Å²) in [6.45, 7) is 2.54. The number of carbonyl (C=O) groups is 1. The molecule has 9 nitrogen and oxygen atoms in total. The van der Waals surface area contributed by atoms with Crippen LogP contribution >= 0.6 is 0 Å². The van der Waals surface area contributed by atoms with E-state index in [1.807, 2.05) is 43.3 Å². The number of hydrogen-bond donors (Lipinski definition) is 4. The Morgan fingerprint density at radius 2 is 1.94 bits per heavy atom. The zero-order valence-electron chi connectivity index (χ0n) is 18.8. The van der Waals surface area contributed by atoms with Crippen molar-refractivity contribution in [1.29, 1.82) is 0 Å². The number of imidazole rings is 1. The first-order valence-corrected chi connectivity index (χ1v) is 11.2. The summed E-state index contributed by atoms with van der Waals surface area (Å²) in [5.41, 5.74) is 18.2. The SMILES string of the molecule is Cc1ccc(C(=O)NC2CC2)cc1-n1cnc(NNCc2cccc(-c3cncnc3)c2)c1N. The fraction of sp³-hybridized carbons (Fsp3) is 0.200. The van der Waals surface area contributed by atoms with Crippen molar-refractivity contribution in [3.63, 3.8) is 0 Å². The van der Waals surface area contributed by atoms with Crippen LogP contribution in [0.15, 0.2) is 67.5 Å². The van der Waals surface area contributed by atoms with Gasteiger partial charge in [0.25, 0.3) is 5.91 Å². The monoisotopic (exact) mass is 454 g/mol. The van der Waals surface area contributed by atoms with Crippen molar-refractivity contribution in [3.05, 3.63) is 84.2 Å². The molecule has 0 radical (unpaired) electrons. The highest BCUT2D eigenvalue weighted by Crippen LogP contribution is 2.25. The lowest BCUT2D eigenvalue weighted by atomic mass is 10.1. The summed E-state index contributed by atoms with van der Waals surface area (Å²) < 4.78 is 1.78. The first-order valence-electron chi connectivity index (χ1n) is 11.2. The third-order valence-electron chi connectivity index (χ3n) is 5.77. The van der Waals surface area contributed by atoms with Crippen molar-refractivity contribution in [2.75, 3.05) is 11.2 Å². The summed E-state index contributed by atoms with van der Waals surface area (Å²) in [5.74, 6) is 0.900. The number of nitrogens with one attached hydrogen (secondary N) is 3. The zero-order valence-corrected chi connectivity index (χ0v) is 18.8. The van der Waals surface area contributed by atoms with Gasteiger partial charge in [0.15, 0.2) is 11.6 Å². The third-order valence-corrected chi connectivity index (χ3v) is 5.77. The van der Waals surface area contributed by atoms with Crippen molar-refractivity contribution in [1.82, 2.24) is 30.3 Å². The quantitative estimate of drug-likeness (QED) is 0.302. The molecule has 0 atom stereocenters. The van der Waals surface area contributed by atoms with E-state index in [0.29, 0.717) is 29.8 Å². The number of nitrogens with zero attached hydrogens (tertiary/aromatic N) is 4. The smallest absolute Gasteiger partial charge is 0.251 e. The molecule has 1 fully saturated rings. The lowest BCUT2D eigenvalue weighted by molar-refractivity contribution is 0.0951. The largest absolute Gasteiger partial charge is 0.382 e. The number of nitrogens with two attached hydrogens (primary N) is 1. The number of nitrogen functional groups attached to an aromatic ring is 1. The van der Waals surface area contributed by atoms with Crippen molar-refractivity contribution in [2.45, 2.75) is 32.4 Å². The molecule has 172 valence electrons. The molecule has 34 heavy (non-hydrogen) atoms. The van der Waals surface area contributed by atoms with Gasteiger partial charge >= 0.3 is 0 Å². The van der Waals surface area contributed by atoms with Crippen LogP contribution in [0.4, 0.5) is 11.6 Å². The van der Waals surface area contributed by atoms with Crippen LogP contribution in [0.25, 0.3) is 16.8 Å². The van der Waals surface area contributed by atoms with Crippen LogP contribution in [0.5, 0.6) is 0 Å². The van der Waals surface area contributed by atoms with E-state index in [1.54, 1.807) is 23.3 Å². The van der Waals surface area contributed by atoms with Gasteiger partial charge in [0, 0.05) is 36.1 Å². The van der Waals surface area contributed by atoms with E-state index < -0.39 is 0 Å². The van der Waals surface area contributed by atoms with Crippen LogP contribution in [-0.4, -0.2) is 31.5 Å². The summed E-state index contributed by atoms with van der Waals surface area (Å²) in [5, 5.41) is 3.02. The summed E-state index contributed by atoms with van der Waals surface area (Å²) in [7, 11) is 0. The van der Waals surface area contributed by atoms with E-state index in [-0.39, 0.29) is 5.91 Å². The second-order valence-electron chi connectivity index (χ2n) is 8.40. The molecule has 1 amide bonds. The van der Waals surface area contributed by atoms with Gasteiger partial charge in [0.05, 0.1) is 5.69 Å². The molecule has 5 rings (SSSR count). The molecule has 2 heterocycles. The highest BCUT2D eigenvalue weighted by atomic mass is 16.1. The normalized spacial score (nSPS) is 13.0. The highest BCUT2D eigenvalue weighted by molar-refractivity contribution is 5.95. The minimum atomic E-state index is -0.0632. The zero-order chi connectivity index (χ0) is 23.5. The first kappa shape index (κ1) is 21.6. The van der Waals surface area contributed by atoms with Crippen molar-refractivity contribution < 1.29 is 4.79 Å². The lowest BCUT2D eigenvalue weighted by Gasteiger charge is -2.12. The molecule has 0 unspecified atom stereocenters. The van der Waals surface area contributed by atoms with E-state index in [0.717, 1.165) is 40.8 Å². The van der Waals surface area contributed by atoms with Gasteiger partial charge in [-0.3, -0.25) is 9.36 Å². The van der Waals surface area contributed by atoms with Gasteiger partial charge in [0.1, 0.15) is 12.7 Å². The molecule has 0 bridgehead atoms. The third kappa shape index (κ3) is 4.74. The van der Waals surface area contributed by atoms with Gasteiger partial charge in [-0.1, -0.05) is 24.3 Å². The van der Waals surface area contributed by atoms with Crippen LogP contribution in [-0.2, 0) is 6.54 Å². The average Bonchev–Trinajstić information content (AvgIpc) is 3.61. The van der Waals surface area contributed by atoms with Crippen molar-refractivity contribution in [2.24, 2.45) is 0 Å². The Labute approximate surface area is 197 Å². The standard InChI is InChI=1S/C25H26N8O/c1-16-5-6-19(25(34)31-21-7-8-21)10-22(16)33-15-29-24(23(33)26)32-30-11-17-3-2-4-18(9-17)20-12-27-14-28-13-20/h2-6,9-10,12-15,21,30,32H,7-8,11,26H2,1H3,(H,31,34). The molecule has 9 heteroatoms. The molecular formula is C25H26N8O. The van der Waals surface area contributed by atoms with Crippen molar-refractivity contribution >= 4 is 17.5 Å². The number of anilines is 2. The summed E-state index contributed by atoms with van der Waals surface area (Å²) in [4.78, 5) is 25.0. The fourth-order valence-corrected chi connectivity index (χ4v) is 3.69. The topological polar surface area (TPSA) is 123 Å². The number of hydrogen-bond acceptors (Lipinski definition) is 7. The summed E-state index contributed by atoms with van der Waals surface area (Å²) >= 11 is 0. The fourth-order valence-electron chi connectivity index (χ4n) is 3.69. The van der Waals surface area contributed by atoms with E-state index in [9.17, 15) is 4.79 Å². The second kappa shape index (κ2) is 9.32. The number of aromatic nitrogens is 4. The summed E-state index contributed by atoms with van der Waals surface area (Å²) in [6, 6.07) is 14.0. The molecular weight excluding hydrogens is 428 g/mol. The van der Waals surface area contributed by atoms with E-state index in [2.05, 4.69) is 37.2 Å². The van der Waals surface area contributed by atoms with Crippen LogP contribution in [0.2, 0.25) is 0 Å². The number of hydrazine groups is 1. The second-order valence-corrected chi connectivity index (χ2v) is 8.40. The summed E-state index contributed by atoms with van der Waals surface area (Å²) in [6.07, 6.45) is 8.84. The molecule has 0 saturated heterocycles. The minimum Gasteiger partial charge on any atom is -0.382 e. The van der Waals surface area contributed by atoms with Gasteiger partial charge in [0.2, 0.25) is 0 Å². The Kier molecular flexibility index (Phi) is 5.92. The molecule has 1 aliphatic carbocycles. The minimum absolute atomic E-state index is 0.0632. The van der Waals surface area contributed by atoms with E-state index >= 15 is 0 Å². The van der Waals surface area contributed by atoms with E-state index in [4.69, 9.17) is 5.73 Å². The Morgan fingerprint density at radius 1 is 1.12 bits per heavy atom. The molecule has 5 N–H and O–H groups in total. The van der Waals surface area contributed by atoms with Gasteiger partial charge in [-0.25, -0.2) is 20.4 Å². The average molecular weight is 455 g/mol. The predicted octanol–water partition coefficient (Wildman–Crippen LogP) is 3.23. The number of carbonyl (C=O) groups excluding carboxylic acids is 1. The Morgan fingerprint density at radius 3 is 2.74 bits per heavy atom. The lowest BCUT2D eigenvalue weighted by Crippen LogP contribution is -2.25. The number of aryl methyl sites for hydroxylation is 1. The molecule has 1 saturated carbocycles. The molecule has 1 aliphatic rings. The molecule has 0 aliphatic heterocycles. The van der Waals surface area contributed by atoms with Crippen LogP contribution in [0, 0.1) is 6.92 Å². The Hall–Kier alpha value is -4.24. The molecule has 0 spiro atoms. The van der Waals surface area contributed by atoms with Gasteiger partial charge in [-0.2, -0.15) is 0 Å². The molecule has 2 aromatic carbocycles. The maximum absolute atomic E-state index is 12.5. The maximum Gasteiger partial charge on any atom is 0.251 e. The Balaban J connectivity index is 1.27. The number of benzene rings is 2. The van der Waals surface area contributed by atoms with Gasteiger partial charge in [-0.05, 0) is 54.7 Å².